The van der Waals surface area contributed by atoms with E-state index >= 15 is 0 Å². The second-order valence-corrected chi connectivity index (χ2v) is 13.8. The number of Topliss-reactive ketones (excluding diaryl/α,β-unsaturated/α-hetero) is 1. The van der Waals surface area contributed by atoms with Crippen molar-refractivity contribution in [2.45, 2.75) is 71.8 Å². The van der Waals surface area contributed by atoms with Gasteiger partial charge < -0.3 is 14.9 Å². The Kier molecular flexibility index (Phi) is 5.80. The van der Waals surface area contributed by atoms with Crippen LogP contribution in [0.4, 0.5) is 0 Å². The smallest absolute Gasteiger partial charge is 0.339 e. The molecule has 5 heteroatoms. The summed E-state index contributed by atoms with van der Waals surface area (Å²) in [7, 11) is 0. The molecule has 7 rings (SSSR count). The van der Waals surface area contributed by atoms with Gasteiger partial charge in [0.05, 0.1) is 6.10 Å². The van der Waals surface area contributed by atoms with Crippen LogP contribution in [0.15, 0.2) is 71.0 Å². The summed E-state index contributed by atoms with van der Waals surface area (Å²) >= 11 is 0. The number of carbonyl (C=O) groups is 2. The maximum atomic E-state index is 13.5. The van der Waals surface area contributed by atoms with Crippen LogP contribution in [-0.4, -0.2) is 34.7 Å². The van der Waals surface area contributed by atoms with Crippen molar-refractivity contribution in [3.8, 4) is 0 Å². The summed E-state index contributed by atoms with van der Waals surface area (Å²) in [4.78, 5) is 26.9. The quantitative estimate of drug-likeness (QED) is 0.437. The molecule has 0 radical (unpaired) electrons. The Morgan fingerprint density at radius 1 is 1.18 bits per heavy atom. The van der Waals surface area contributed by atoms with Crippen molar-refractivity contribution < 1.29 is 24.5 Å². The average molecular weight is 541 g/mol. The molecule has 210 valence electrons. The standard InChI is InChI=1S/C35H40O5/c1-20(2)26-18-34(19-36)33(3)14-13-24-29(27(33)15-23-17-35(23,34)31(26)38)30(40-32(24)39)25(21-9-5-4-6-10-21)16-28(37)22-11-7-8-12-22/h4-11,20,23,26-27,31,36,38H,12-19H2,1-3H3/b30-25-. The topological polar surface area (TPSA) is 83.8 Å². The molecule has 0 aromatic heterocycles. The molecule has 1 heterocycles. The molecule has 0 bridgehead atoms. The second kappa shape index (κ2) is 8.87. The number of aliphatic hydroxyl groups excluding tert-OH is 2. The van der Waals surface area contributed by atoms with Crippen LogP contribution >= 0.6 is 0 Å². The fourth-order valence-electron chi connectivity index (χ4n) is 10.00. The zero-order chi connectivity index (χ0) is 28.0. The number of rotatable bonds is 6. The normalized spacial score (nSPS) is 40.4. The molecule has 5 nitrogen and oxygen atoms in total. The van der Waals surface area contributed by atoms with Gasteiger partial charge in [-0.25, -0.2) is 4.79 Å². The molecular weight excluding hydrogens is 500 g/mol. The van der Waals surface area contributed by atoms with E-state index in [2.05, 4.69) is 20.8 Å². The van der Waals surface area contributed by atoms with Crippen molar-refractivity contribution in [2.24, 2.45) is 39.9 Å². The second-order valence-electron chi connectivity index (χ2n) is 13.8. The molecule has 6 aliphatic rings. The van der Waals surface area contributed by atoms with Crippen molar-refractivity contribution in [1.29, 1.82) is 0 Å². The Morgan fingerprint density at radius 3 is 2.62 bits per heavy atom. The fraction of sp³-hybridized carbons (Fsp3) is 0.543. The van der Waals surface area contributed by atoms with Gasteiger partial charge >= 0.3 is 5.97 Å². The first-order valence-corrected chi connectivity index (χ1v) is 15.1. The monoisotopic (exact) mass is 540 g/mol. The molecule has 2 N–H and O–H groups in total. The first-order chi connectivity index (χ1) is 19.2. The van der Waals surface area contributed by atoms with E-state index in [9.17, 15) is 19.8 Å². The Morgan fingerprint density at radius 2 is 1.95 bits per heavy atom. The van der Waals surface area contributed by atoms with Crippen LogP contribution in [0.3, 0.4) is 0 Å². The molecule has 3 saturated carbocycles. The minimum Gasteiger partial charge on any atom is -0.423 e. The number of aliphatic hydroxyl groups is 2. The lowest BCUT2D eigenvalue weighted by Crippen LogP contribution is -2.57. The number of hydrogen-bond donors (Lipinski definition) is 2. The predicted octanol–water partition coefficient (Wildman–Crippen LogP) is 5.94. The maximum Gasteiger partial charge on any atom is 0.339 e. The van der Waals surface area contributed by atoms with E-state index in [4.69, 9.17) is 4.74 Å². The highest BCUT2D eigenvalue weighted by molar-refractivity contribution is 6.05. The molecule has 5 aliphatic carbocycles. The molecule has 1 aromatic rings. The number of carbonyl (C=O) groups excluding carboxylic acids is 2. The van der Waals surface area contributed by atoms with Crippen LogP contribution in [0.2, 0.25) is 0 Å². The largest absolute Gasteiger partial charge is 0.423 e. The van der Waals surface area contributed by atoms with E-state index in [1.807, 2.05) is 48.6 Å². The first-order valence-electron chi connectivity index (χ1n) is 15.1. The van der Waals surface area contributed by atoms with Crippen LogP contribution in [0.5, 0.6) is 0 Å². The summed E-state index contributed by atoms with van der Waals surface area (Å²) in [6, 6.07) is 9.86. The van der Waals surface area contributed by atoms with Crippen LogP contribution < -0.4 is 0 Å². The number of allylic oxidation sites excluding steroid dienone is 6. The summed E-state index contributed by atoms with van der Waals surface area (Å²) in [5, 5.41) is 23.0. The third-order valence-electron chi connectivity index (χ3n) is 12.2. The number of ketones is 1. The fourth-order valence-corrected chi connectivity index (χ4v) is 10.00. The zero-order valence-electron chi connectivity index (χ0n) is 23.8. The summed E-state index contributed by atoms with van der Waals surface area (Å²) in [6.45, 7) is 6.74. The summed E-state index contributed by atoms with van der Waals surface area (Å²) < 4.78 is 6.16. The summed E-state index contributed by atoms with van der Waals surface area (Å²) in [5.41, 5.74) is 3.24. The predicted molar refractivity (Wildman–Crippen MR) is 152 cm³/mol. The Labute approximate surface area is 236 Å². The van der Waals surface area contributed by atoms with E-state index in [0.29, 0.717) is 30.4 Å². The average Bonchev–Trinajstić information content (AvgIpc) is 3.22. The summed E-state index contributed by atoms with van der Waals surface area (Å²) in [5.74, 6) is 1.18. The van der Waals surface area contributed by atoms with Gasteiger partial charge in [-0.15, -0.1) is 0 Å². The molecule has 7 unspecified atom stereocenters. The molecule has 1 spiro atoms. The lowest BCUT2D eigenvalue weighted by Gasteiger charge is -2.59. The molecule has 7 atom stereocenters. The highest BCUT2D eigenvalue weighted by atomic mass is 16.5. The van der Waals surface area contributed by atoms with Crippen LogP contribution in [-0.2, 0) is 14.3 Å². The van der Waals surface area contributed by atoms with E-state index in [0.717, 1.165) is 53.5 Å². The van der Waals surface area contributed by atoms with Crippen molar-refractivity contribution in [3.63, 3.8) is 0 Å². The van der Waals surface area contributed by atoms with Crippen molar-refractivity contribution in [2.75, 3.05) is 6.61 Å². The number of fused-ring (bicyclic) bond motifs is 3. The Balaban J connectivity index is 1.37. The Hall–Kier alpha value is -2.76. The first kappa shape index (κ1) is 26.2. The molecule has 3 fully saturated rings. The minimum absolute atomic E-state index is 0.0322. The molecular formula is C35H40O5. The van der Waals surface area contributed by atoms with E-state index in [-0.39, 0.29) is 47.4 Å². The van der Waals surface area contributed by atoms with Crippen molar-refractivity contribution >= 4 is 17.3 Å². The van der Waals surface area contributed by atoms with E-state index < -0.39 is 11.5 Å². The lowest BCUT2D eigenvalue weighted by molar-refractivity contribution is -0.138. The lowest BCUT2D eigenvalue weighted by atomic mass is 9.44. The SMILES string of the molecule is CC(C)C1CC2(CO)C3(C)CCC4=C(/C(=C(\CC(=O)C5=CC=CC5)c5ccccc5)OC4=O)C3CC3CC32C1O. The maximum absolute atomic E-state index is 13.5. The van der Waals surface area contributed by atoms with Crippen molar-refractivity contribution in [1.82, 2.24) is 0 Å². The van der Waals surface area contributed by atoms with Crippen LogP contribution in [0, 0.1) is 39.9 Å². The van der Waals surface area contributed by atoms with E-state index in [1.54, 1.807) is 0 Å². The number of esters is 1. The minimum atomic E-state index is -0.403. The summed E-state index contributed by atoms with van der Waals surface area (Å²) in [6.07, 6.45) is 10.2. The van der Waals surface area contributed by atoms with Gasteiger partial charge in [-0.1, -0.05) is 69.3 Å². The molecule has 1 aliphatic heterocycles. The van der Waals surface area contributed by atoms with Gasteiger partial charge in [0, 0.05) is 40.6 Å². The van der Waals surface area contributed by atoms with Crippen molar-refractivity contribution in [3.05, 3.63) is 76.6 Å². The van der Waals surface area contributed by atoms with Crippen LogP contribution in [0.1, 0.15) is 71.3 Å². The van der Waals surface area contributed by atoms with Gasteiger partial charge in [-0.2, -0.15) is 0 Å². The number of ether oxygens (including phenoxy) is 1. The number of cyclic esters (lactones) is 1. The van der Waals surface area contributed by atoms with E-state index in [1.165, 1.54) is 0 Å². The molecule has 40 heavy (non-hydrogen) atoms. The van der Waals surface area contributed by atoms with Gasteiger partial charge in [0.2, 0.25) is 0 Å². The zero-order valence-corrected chi connectivity index (χ0v) is 23.8. The highest BCUT2D eigenvalue weighted by Crippen LogP contribution is 2.85. The highest BCUT2D eigenvalue weighted by Gasteiger charge is 2.82. The van der Waals surface area contributed by atoms with Gasteiger partial charge in [0.1, 0.15) is 5.76 Å². The molecule has 1 aromatic carbocycles. The third-order valence-corrected chi connectivity index (χ3v) is 12.2. The number of benzene rings is 1. The van der Waals surface area contributed by atoms with Gasteiger partial charge in [0.25, 0.3) is 0 Å². The third kappa shape index (κ3) is 3.22. The number of hydrogen-bond acceptors (Lipinski definition) is 5. The van der Waals surface area contributed by atoms with Crippen LogP contribution in [0.25, 0.3) is 5.57 Å². The molecule has 0 amide bonds. The van der Waals surface area contributed by atoms with Gasteiger partial charge in [-0.05, 0) is 78.7 Å². The molecule has 0 saturated heterocycles. The van der Waals surface area contributed by atoms with Gasteiger partial charge in [0.15, 0.2) is 5.78 Å². The Bertz CT molecular complexity index is 1410. The van der Waals surface area contributed by atoms with Gasteiger partial charge in [-0.3, -0.25) is 4.79 Å².